The van der Waals surface area contributed by atoms with E-state index < -0.39 is 5.97 Å². The van der Waals surface area contributed by atoms with Gasteiger partial charge in [0, 0.05) is 5.41 Å². The third-order valence-corrected chi connectivity index (χ3v) is 4.66. The number of carbonyl (C=O) groups is 1. The van der Waals surface area contributed by atoms with Gasteiger partial charge in [0.1, 0.15) is 0 Å². The molecule has 17 heavy (non-hydrogen) atoms. The van der Waals surface area contributed by atoms with Gasteiger partial charge in [0.25, 0.3) is 0 Å². The molecule has 0 amide bonds. The molecule has 0 aromatic carbocycles. The number of allylic oxidation sites excluding steroid dienone is 2. The van der Waals surface area contributed by atoms with Crippen LogP contribution in [0.4, 0.5) is 0 Å². The molecule has 0 bridgehead atoms. The van der Waals surface area contributed by atoms with E-state index in [0.29, 0.717) is 18.4 Å². The Kier molecular flexibility index (Phi) is 2.85. The molecular formula is C14H23NO2. The Labute approximate surface area is 103 Å². The van der Waals surface area contributed by atoms with E-state index in [1.165, 1.54) is 0 Å². The molecular weight excluding hydrogens is 214 g/mol. The highest BCUT2D eigenvalue weighted by Crippen LogP contribution is 2.62. The normalized spacial score (nSPS) is 37.4. The Hall–Kier alpha value is -0.830. The van der Waals surface area contributed by atoms with E-state index in [1.807, 2.05) is 20.8 Å². The molecule has 0 aromatic heterocycles. The number of hydrogen-bond acceptors (Lipinski definition) is 2. The van der Waals surface area contributed by atoms with Gasteiger partial charge in [-0.2, -0.15) is 0 Å². The lowest BCUT2D eigenvalue weighted by Crippen LogP contribution is -2.59. The number of carboxylic acids is 1. The van der Waals surface area contributed by atoms with E-state index in [2.05, 4.69) is 12.2 Å². The molecule has 2 rings (SSSR count). The summed E-state index contributed by atoms with van der Waals surface area (Å²) in [5.41, 5.74) is 5.50. The van der Waals surface area contributed by atoms with Gasteiger partial charge < -0.3 is 10.8 Å². The summed E-state index contributed by atoms with van der Waals surface area (Å²) in [6.45, 7) is 6.51. The Bertz CT molecular complexity index is 356. The molecule has 3 N–H and O–H groups in total. The molecule has 4 atom stereocenters. The van der Waals surface area contributed by atoms with Gasteiger partial charge in [0.05, 0.1) is 5.92 Å². The predicted molar refractivity (Wildman–Crippen MR) is 67.4 cm³/mol. The fourth-order valence-electron chi connectivity index (χ4n) is 4.17. The molecule has 3 heteroatoms. The van der Waals surface area contributed by atoms with Crippen LogP contribution in [-0.2, 0) is 4.79 Å². The van der Waals surface area contributed by atoms with Gasteiger partial charge in [-0.05, 0) is 36.6 Å². The van der Waals surface area contributed by atoms with E-state index in [-0.39, 0.29) is 16.7 Å². The van der Waals surface area contributed by atoms with Gasteiger partial charge >= 0.3 is 5.97 Å². The van der Waals surface area contributed by atoms with Crippen LogP contribution >= 0.6 is 0 Å². The van der Waals surface area contributed by atoms with Crippen molar-refractivity contribution in [2.45, 2.75) is 33.6 Å². The van der Waals surface area contributed by atoms with Gasteiger partial charge in [-0.15, -0.1) is 0 Å². The summed E-state index contributed by atoms with van der Waals surface area (Å²) in [6.07, 6.45) is 6.45. The molecule has 96 valence electrons. The second-order valence-corrected chi connectivity index (χ2v) is 6.73. The van der Waals surface area contributed by atoms with Crippen LogP contribution in [0.15, 0.2) is 12.2 Å². The lowest BCUT2D eigenvalue weighted by atomic mass is 9.46. The average Bonchev–Trinajstić information content (AvgIpc) is 2.54. The molecule has 2 aliphatic carbocycles. The summed E-state index contributed by atoms with van der Waals surface area (Å²) in [5.74, 6) is -0.0266. The monoisotopic (exact) mass is 237 g/mol. The predicted octanol–water partition coefficient (Wildman–Crippen LogP) is 2.27. The zero-order valence-corrected chi connectivity index (χ0v) is 10.9. The minimum Gasteiger partial charge on any atom is -0.481 e. The van der Waals surface area contributed by atoms with Crippen LogP contribution in [0.25, 0.3) is 0 Å². The third-order valence-electron chi connectivity index (χ3n) is 4.66. The second kappa shape index (κ2) is 3.84. The van der Waals surface area contributed by atoms with Crippen molar-refractivity contribution in [3.63, 3.8) is 0 Å². The fraction of sp³-hybridized carbons (Fsp3) is 0.786. The van der Waals surface area contributed by atoms with Crippen molar-refractivity contribution in [1.82, 2.24) is 0 Å². The zero-order valence-electron chi connectivity index (χ0n) is 10.9. The first-order chi connectivity index (χ1) is 7.83. The Morgan fingerprint density at radius 1 is 1.59 bits per heavy atom. The number of aliphatic carboxylic acids is 1. The lowest BCUT2D eigenvalue weighted by molar-refractivity contribution is -0.166. The smallest absolute Gasteiger partial charge is 0.307 e. The number of nitrogens with two attached hydrogens (primary N) is 1. The number of fused-ring (bicyclic) bond motifs is 1. The van der Waals surface area contributed by atoms with Crippen LogP contribution in [0.1, 0.15) is 33.6 Å². The van der Waals surface area contributed by atoms with Crippen molar-refractivity contribution in [1.29, 1.82) is 0 Å². The molecule has 1 fully saturated rings. The summed E-state index contributed by atoms with van der Waals surface area (Å²) in [4.78, 5) is 11.7. The minimum atomic E-state index is -0.693. The summed E-state index contributed by atoms with van der Waals surface area (Å²) in [5, 5.41) is 9.58. The summed E-state index contributed by atoms with van der Waals surface area (Å²) >= 11 is 0. The Morgan fingerprint density at radius 2 is 2.24 bits per heavy atom. The summed E-state index contributed by atoms with van der Waals surface area (Å²) in [6, 6.07) is 0. The number of rotatable bonds is 3. The largest absolute Gasteiger partial charge is 0.481 e. The molecule has 0 radical (unpaired) electrons. The summed E-state index contributed by atoms with van der Waals surface area (Å²) < 4.78 is 0. The van der Waals surface area contributed by atoms with Crippen LogP contribution in [0, 0.1) is 28.6 Å². The Morgan fingerprint density at radius 3 is 2.65 bits per heavy atom. The maximum Gasteiger partial charge on any atom is 0.307 e. The topological polar surface area (TPSA) is 63.3 Å². The first-order valence-corrected chi connectivity index (χ1v) is 6.42. The van der Waals surface area contributed by atoms with Gasteiger partial charge in [0.15, 0.2) is 0 Å². The molecule has 3 nitrogen and oxygen atoms in total. The fourth-order valence-corrected chi connectivity index (χ4v) is 4.17. The third kappa shape index (κ3) is 1.71. The van der Waals surface area contributed by atoms with Crippen molar-refractivity contribution in [3.05, 3.63) is 12.2 Å². The van der Waals surface area contributed by atoms with Crippen molar-refractivity contribution >= 4 is 5.97 Å². The van der Waals surface area contributed by atoms with Crippen LogP contribution in [0.3, 0.4) is 0 Å². The SMILES string of the molecule is CC(C)(C)C(C(=O)O)[C@]1(CN)C[C@H]2CC=C[C@H]21. The molecule has 0 heterocycles. The van der Waals surface area contributed by atoms with E-state index in [4.69, 9.17) is 5.73 Å². The standard InChI is InChI=1S/C14H23NO2/c1-13(2,3)11(12(16)17)14(8-15)7-9-5-4-6-10(9)14/h4,6,9-11H,5,7-8,15H2,1-3H3,(H,16,17)/t9-,10-,11?,14+/m1/s1. The van der Waals surface area contributed by atoms with Crippen molar-refractivity contribution in [2.75, 3.05) is 6.54 Å². The zero-order chi connectivity index (χ0) is 12.8. The van der Waals surface area contributed by atoms with Gasteiger partial charge in [-0.3, -0.25) is 4.79 Å². The molecule has 1 unspecified atom stereocenters. The highest BCUT2D eigenvalue weighted by molar-refractivity contribution is 5.72. The highest BCUT2D eigenvalue weighted by Gasteiger charge is 2.61. The molecule has 1 saturated carbocycles. The molecule has 0 saturated heterocycles. The first kappa shape index (κ1) is 12.6. The van der Waals surface area contributed by atoms with Crippen molar-refractivity contribution < 1.29 is 9.90 Å². The van der Waals surface area contributed by atoms with E-state index in [9.17, 15) is 9.90 Å². The summed E-state index contributed by atoms with van der Waals surface area (Å²) in [7, 11) is 0. The van der Waals surface area contributed by atoms with Crippen molar-refractivity contribution in [3.8, 4) is 0 Å². The lowest BCUT2D eigenvalue weighted by Gasteiger charge is -2.58. The number of hydrogen-bond donors (Lipinski definition) is 2. The van der Waals surface area contributed by atoms with Gasteiger partial charge in [0.2, 0.25) is 0 Å². The molecule has 0 spiro atoms. The molecule has 0 aliphatic heterocycles. The maximum atomic E-state index is 11.7. The van der Waals surface area contributed by atoms with E-state index in [0.717, 1.165) is 12.8 Å². The van der Waals surface area contributed by atoms with Crippen molar-refractivity contribution in [2.24, 2.45) is 34.3 Å². The van der Waals surface area contributed by atoms with Crippen LogP contribution in [0.5, 0.6) is 0 Å². The first-order valence-electron chi connectivity index (χ1n) is 6.42. The number of carboxylic acid groups (broad SMARTS) is 1. The average molecular weight is 237 g/mol. The van der Waals surface area contributed by atoms with Crippen LogP contribution < -0.4 is 5.73 Å². The van der Waals surface area contributed by atoms with Gasteiger partial charge in [-0.25, -0.2) is 0 Å². The molecule has 0 aromatic rings. The Balaban J connectivity index is 2.34. The quantitative estimate of drug-likeness (QED) is 0.740. The second-order valence-electron chi connectivity index (χ2n) is 6.73. The van der Waals surface area contributed by atoms with Crippen LogP contribution in [0.2, 0.25) is 0 Å². The molecule has 2 aliphatic rings. The minimum absolute atomic E-state index is 0.220. The highest BCUT2D eigenvalue weighted by atomic mass is 16.4. The van der Waals surface area contributed by atoms with Gasteiger partial charge in [-0.1, -0.05) is 32.9 Å². The maximum absolute atomic E-state index is 11.7. The van der Waals surface area contributed by atoms with E-state index in [1.54, 1.807) is 0 Å². The van der Waals surface area contributed by atoms with E-state index >= 15 is 0 Å². The van der Waals surface area contributed by atoms with Crippen LogP contribution in [-0.4, -0.2) is 17.6 Å².